The second-order valence-electron chi connectivity index (χ2n) is 7.12. The summed E-state index contributed by atoms with van der Waals surface area (Å²) in [5, 5.41) is 6.89. The van der Waals surface area contributed by atoms with Gasteiger partial charge in [0.2, 0.25) is 5.91 Å². The van der Waals surface area contributed by atoms with Crippen molar-refractivity contribution in [1.82, 2.24) is 10.6 Å². The highest BCUT2D eigenvalue weighted by molar-refractivity contribution is 5.85. The number of benzene rings is 1. The Bertz CT molecular complexity index is 505. The van der Waals surface area contributed by atoms with Crippen LogP contribution in [0.15, 0.2) is 24.3 Å². The van der Waals surface area contributed by atoms with Gasteiger partial charge in [0.15, 0.2) is 0 Å². The number of carbonyl (C=O) groups excluding carboxylic acids is 1. The molecule has 3 nitrogen and oxygen atoms in total. The van der Waals surface area contributed by atoms with E-state index < -0.39 is 0 Å². The molecule has 3 unspecified atom stereocenters. The molecule has 2 aliphatic heterocycles. The van der Waals surface area contributed by atoms with E-state index in [1.165, 1.54) is 36.8 Å². The molecular weight excluding hydrogens is 308 g/mol. The second kappa shape index (κ2) is 8.16. The van der Waals surface area contributed by atoms with Crippen molar-refractivity contribution < 1.29 is 4.79 Å². The summed E-state index contributed by atoms with van der Waals surface area (Å²) in [7, 11) is 0. The minimum atomic E-state index is 0. The van der Waals surface area contributed by atoms with Crippen molar-refractivity contribution in [2.45, 2.75) is 70.5 Å². The molecule has 0 aliphatic carbocycles. The van der Waals surface area contributed by atoms with Crippen LogP contribution in [-0.2, 0) is 4.79 Å². The van der Waals surface area contributed by atoms with Gasteiger partial charge in [-0.1, -0.05) is 36.8 Å². The average molecular weight is 337 g/mol. The fraction of sp³-hybridized carbons (Fsp3) is 0.632. The van der Waals surface area contributed by atoms with Gasteiger partial charge in [0, 0.05) is 18.5 Å². The van der Waals surface area contributed by atoms with Crippen molar-refractivity contribution in [2.24, 2.45) is 5.92 Å². The number of hydrogen-bond donors (Lipinski definition) is 2. The van der Waals surface area contributed by atoms with Crippen molar-refractivity contribution in [3.05, 3.63) is 35.4 Å². The summed E-state index contributed by atoms with van der Waals surface area (Å²) in [4.78, 5) is 12.4. The van der Waals surface area contributed by atoms with E-state index in [9.17, 15) is 4.79 Å². The van der Waals surface area contributed by atoms with Crippen molar-refractivity contribution in [3.8, 4) is 0 Å². The van der Waals surface area contributed by atoms with E-state index in [0.29, 0.717) is 24.4 Å². The van der Waals surface area contributed by atoms with Gasteiger partial charge in [-0.3, -0.25) is 4.79 Å². The van der Waals surface area contributed by atoms with Gasteiger partial charge >= 0.3 is 0 Å². The summed E-state index contributed by atoms with van der Waals surface area (Å²) in [6.07, 6.45) is 6.56. The van der Waals surface area contributed by atoms with Crippen LogP contribution in [0.1, 0.15) is 62.6 Å². The van der Waals surface area contributed by atoms with Crippen LogP contribution in [0.25, 0.3) is 0 Å². The monoisotopic (exact) mass is 336 g/mol. The molecular formula is C19H29ClN2O. The Morgan fingerprint density at radius 2 is 1.83 bits per heavy atom. The molecule has 23 heavy (non-hydrogen) atoms. The van der Waals surface area contributed by atoms with E-state index >= 15 is 0 Å². The van der Waals surface area contributed by atoms with Gasteiger partial charge in [0.1, 0.15) is 0 Å². The Morgan fingerprint density at radius 3 is 2.39 bits per heavy atom. The molecule has 2 heterocycles. The summed E-state index contributed by atoms with van der Waals surface area (Å²) < 4.78 is 0. The van der Waals surface area contributed by atoms with E-state index in [4.69, 9.17) is 0 Å². The van der Waals surface area contributed by atoms with Gasteiger partial charge in [0.05, 0.1) is 6.04 Å². The third-order valence-corrected chi connectivity index (χ3v) is 5.27. The van der Waals surface area contributed by atoms with Gasteiger partial charge in [0.25, 0.3) is 0 Å². The minimum Gasteiger partial charge on any atom is -0.349 e. The summed E-state index contributed by atoms with van der Waals surface area (Å²) in [5.41, 5.74) is 2.47. The molecule has 1 amide bonds. The van der Waals surface area contributed by atoms with Crippen LogP contribution in [0.3, 0.4) is 0 Å². The Kier molecular flexibility index (Phi) is 6.49. The highest BCUT2D eigenvalue weighted by atomic mass is 35.5. The maximum absolute atomic E-state index is 12.4. The van der Waals surface area contributed by atoms with Crippen LogP contribution in [0.2, 0.25) is 0 Å². The Hall–Kier alpha value is -1.06. The molecule has 3 rings (SSSR count). The zero-order valence-corrected chi connectivity index (χ0v) is 15.0. The number of piperidine rings is 1. The second-order valence-corrected chi connectivity index (χ2v) is 7.12. The molecule has 2 saturated heterocycles. The van der Waals surface area contributed by atoms with E-state index in [2.05, 4.69) is 48.7 Å². The number of nitrogens with one attached hydrogen (secondary N) is 2. The van der Waals surface area contributed by atoms with Crippen LogP contribution in [0.4, 0.5) is 0 Å². The molecule has 0 spiro atoms. The number of carbonyl (C=O) groups is 1. The van der Waals surface area contributed by atoms with Crippen LogP contribution in [0, 0.1) is 12.8 Å². The summed E-state index contributed by atoms with van der Waals surface area (Å²) in [6.45, 7) is 4.23. The van der Waals surface area contributed by atoms with Crippen molar-refractivity contribution >= 4 is 18.3 Å². The highest BCUT2D eigenvalue weighted by Gasteiger charge is 2.34. The van der Waals surface area contributed by atoms with Gasteiger partial charge in [-0.15, -0.1) is 12.4 Å². The molecule has 2 aliphatic rings. The minimum absolute atomic E-state index is 0. The normalized spacial score (nSPS) is 27.1. The lowest BCUT2D eigenvalue weighted by atomic mass is 9.89. The SMILES string of the molecule is CCC(NC(=O)CC1CC2CCC(C1)N2)c1ccc(C)cc1.Cl. The lowest BCUT2D eigenvalue weighted by Gasteiger charge is -2.29. The lowest BCUT2D eigenvalue weighted by molar-refractivity contribution is -0.123. The van der Waals surface area contributed by atoms with Crippen molar-refractivity contribution in [2.75, 3.05) is 0 Å². The number of amides is 1. The molecule has 0 aromatic heterocycles. The Labute approximate surface area is 146 Å². The predicted molar refractivity (Wildman–Crippen MR) is 96.9 cm³/mol. The average Bonchev–Trinajstić information content (AvgIpc) is 2.85. The predicted octanol–water partition coefficient (Wildman–Crippen LogP) is 3.90. The van der Waals surface area contributed by atoms with Crippen LogP contribution < -0.4 is 10.6 Å². The molecule has 0 radical (unpaired) electrons. The van der Waals surface area contributed by atoms with E-state index in [-0.39, 0.29) is 24.4 Å². The number of hydrogen-bond acceptors (Lipinski definition) is 2. The topological polar surface area (TPSA) is 41.1 Å². The Morgan fingerprint density at radius 1 is 1.22 bits per heavy atom. The smallest absolute Gasteiger partial charge is 0.220 e. The van der Waals surface area contributed by atoms with Gasteiger partial charge in [-0.05, 0) is 50.5 Å². The first-order valence-electron chi connectivity index (χ1n) is 8.76. The molecule has 2 N–H and O–H groups in total. The fourth-order valence-corrected chi connectivity index (χ4v) is 4.08. The number of halogens is 1. The molecule has 1 aromatic carbocycles. The largest absolute Gasteiger partial charge is 0.349 e. The molecule has 2 bridgehead atoms. The quantitative estimate of drug-likeness (QED) is 0.856. The molecule has 1 aromatic rings. The van der Waals surface area contributed by atoms with E-state index in [1.807, 2.05) is 0 Å². The highest BCUT2D eigenvalue weighted by Crippen LogP contribution is 2.32. The summed E-state index contributed by atoms with van der Waals surface area (Å²) >= 11 is 0. The van der Waals surface area contributed by atoms with Crippen molar-refractivity contribution in [3.63, 3.8) is 0 Å². The molecule has 2 fully saturated rings. The molecule has 0 saturated carbocycles. The van der Waals surface area contributed by atoms with E-state index in [0.717, 1.165) is 6.42 Å². The van der Waals surface area contributed by atoms with Crippen LogP contribution in [-0.4, -0.2) is 18.0 Å². The number of fused-ring (bicyclic) bond motifs is 2. The van der Waals surface area contributed by atoms with Crippen LogP contribution >= 0.6 is 12.4 Å². The van der Waals surface area contributed by atoms with Gasteiger partial charge in [-0.25, -0.2) is 0 Å². The first kappa shape index (κ1) is 18.3. The fourth-order valence-electron chi connectivity index (χ4n) is 4.08. The number of rotatable bonds is 5. The third kappa shape index (κ3) is 4.71. The first-order chi connectivity index (χ1) is 10.6. The summed E-state index contributed by atoms with van der Waals surface area (Å²) in [6, 6.07) is 9.98. The zero-order valence-electron chi connectivity index (χ0n) is 14.2. The third-order valence-electron chi connectivity index (χ3n) is 5.27. The van der Waals surface area contributed by atoms with Crippen molar-refractivity contribution in [1.29, 1.82) is 0 Å². The maximum Gasteiger partial charge on any atom is 0.220 e. The lowest BCUT2D eigenvalue weighted by Crippen LogP contribution is -2.40. The molecule has 128 valence electrons. The standard InChI is InChI=1S/C19H28N2O.ClH/c1-3-18(15-6-4-13(2)5-7-15)21-19(22)12-14-10-16-8-9-17(11-14)20-16;/h4-7,14,16-18,20H,3,8-12H2,1-2H3,(H,21,22);1H. The molecule has 4 heteroatoms. The maximum atomic E-state index is 12.4. The van der Waals surface area contributed by atoms with Gasteiger partial charge in [-0.2, -0.15) is 0 Å². The van der Waals surface area contributed by atoms with Gasteiger partial charge < -0.3 is 10.6 Å². The summed E-state index contributed by atoms with van der Waals surface area (Å²) in [5.74, 6) is 0.785. The zero-order chi connectivity index (χ0) is 15.5. The first-order valence-corrected chi connectivity index (χ1v) is 8.76. The number of aryl methyl sites for hydroxylation is 1. The Balaban J connectivity index is 0.00000192. The van der Waals surface area contributed by atoms with Crippen LogP contribution in [0.5, 0.6) is 0 Å². The van der Waals surface area contributed by atoms with E-state index in [1.54, 1.807) is 0 Å². The molecule has 3 atom stereocenters.